The van der Waals surface area contributed by atoms with Crippen LogP contribution in [0, 0.1) is 11.6 Å². The molecule has 3 rings (SSSR count). The number of nitrogens with one attached hydrogen (secondary N) is 1. The second-order valence-electron chi connectivity index (χ2n) is 3.99. The van der Waals surface area contributed by atoms with Gasteiger partial charge in [-0.25, -0.2) is 13.5 Å². The van der Waals surface area contributed by atoms with Gasteiger partial charge in [-0.1, -0.05) is 11.3 Å². The normalized spacial score (nSPS) is 15.9. The van der Waals surface area contributed by atoms with Gasteiger partial charge < -0.3 is 5.32 Å². The topological polar surface area (TPSA) is 42.7 Å². The van der Waals surface area contributed by atoms with E-state index in [1.54, 1.807) is 10.9 Å². The van der Waals surface area contributed by atoms with Gasteiger partial charge in [0.25, 0.3) is 0 Å². The van der Waals surface area contributed by atoms with E-state index in [1.807, 2.05) is 0 Å². The van der Waals surface area contributed by atoms with Crippen LogP contribution < -0.4 is 5.32 Å². The van der Waals surface area contributed by atoms with Crippen molar-refractivity contribution in [2.45, 2.75) is 6.04 Å². The van der Waals surface area contributed by atoms with Crippen LogP contribution in [-0.2, 0) is 0 Å². The standard InChI is InChI=1S/C11H10F2N4/c12-8-2-1-3-9(13)11(8)10-6-17(16-15-10)7-4-14-5-7/h1-3,6-7,14H,4-5H2. The van der Waals surface area contributed by atoms with Crippen molar-refractivity contribution in [2.75, 3.05) is 13.1 Å². The van der Waals surface area contributed by atoms with Crippen molar-refractivity contribution in [1.82, 2.24) is 20.3 Å². The number of benzene rings is 1. The van der Waals surface area contributed by atoms with Crippen molar-refractivity contribution >= 4 is 0 Å². The first-order valence-corrected chi connectivity index (χ1v) is 5.32. The zero-order valence-electron chi connectivity index (χ0n) is 8.90. The van der Waals surface area contributed by atoms with Crippen LogP contribution in [0.2, 0.25) is 0 Å². The summed E-state index contributed by atoms with van der Waals surface area (Å²) in [5.41, 5.74) is 0.110. The molecule has 0 aliphatic carbocycles. The van der Waals surface area contributed by atoms with Gasteiger partial charge in [-0.3, -0.25) is 0 Å². The summed E-state index contributed by atoms with van der Waals surface area (Å²) in [6, 6.07) is 3.98. The van der Waals surface area contributed by atoms with Crippen LogP contribution >= 0.6 is 0 Å². The number of nitrogens with zero attached hydrogens (tertiary/aromatic N) is 3. The highest BCUT2D eigenvalue weighted by atomic mass is 19.1. The van der Waals surface area contributed by atoms with Crippen molar-refractivity contribution < 1.29 is 8.78 Å². The smallest absolute Gasteiger partial charge is 0.135 e. The zero-order valence-corrected chi connectivity index (χ0v) is 8.90. The Labute approximate surface area is 96.3 Å². The Morgan fingerprint density at radius 1 is 1.24 bits per heavy atom. The van der Waals surface area contributed by atoms with Crippen molar-refractivity contribution in [3.63, 3.8) is 0 Å². The third-order valence-corrected chi connectivity index (χ3v) is 2.86. The number of aromatic nitrogens is 3. The van der Waals surface area contributed by atoms with Crippen LogP contribution in [0.15, 0.2) is 24.4 Å². The number of hydrogen-bond acceptors (Lipinski definition) is 3. The Kier molecular flexibility index (Phi) is 2.36. The Bertz CT molecular complexity index is 528. The molecule has 1 aliphatic rings. The first kappa shape index (κ1) is 10.3. The van der Waals surface area contributed by atoms with E-state index in [2.05, 4.69) is 15.6 Å². The van der Waals surface area contributed by atoms with Gasteiger partial charge in [0.1, 0.15) is 17.3 Å². The van der Waals surface area contributed by atoms with Crippen molar-refractivity contribution in [2.24, 2.45) is 0 Å². The van der Waals surface area contributed by atoms with Gasteiger partial charge in [-0.15, -0.1) is 5.10 Å². The number of hydrogen-bond donors (Lipinski definition) is 1. The molecule has 1 fully saturated rings. The molecule has 1 aromatic heterocycles. The molecule has 1 aromatic carbocycles. The van der Waals surface area contributed by atoms with E-state index in [4.69, 9.17) is 0 Å². The Morgan fingerprint density at radius 2 is 1.94 bits per heavy atom. The van der Waals surface area contributed by atoms with Gasteiger partial charge in [-0.05, 0) is 12.1 Å². The number of halogens is 2. The van der Waals surface area contributed by atoms with Gasteiger partial charge in [0.15, 0.2) is 0 Å². The van der Waals surface area contributed by atoms with Crippen LogP contribution in [0.25, 0.3) is 11.3 Å². The molecule has 1 N–H and O–H groups in total. The lowest BCUT2D eigenvalue weighted by molar-refractivity contribution is 0.313. The molecule has 1 saturated heterocycles. The highest BCUT2D eigenvalue weighted by Gasteiger charge is 2.22. The van der Waals surface area contributed by atoms with Crippen molar-refractivity contribution in [1.29, 1.82) is 0 Å². The van der Waals surface area contributed by atoms with E-state index in [0.29, 0.717) is 0 Å². The van der Waals surface area contributed by atoms with E-state index in [0.717, 1.165) is 13.1 Å². The van der Waals surface area contributed by atoms with Crippen molar-refractivity contribution in [3.05, 3.63) is 36.0 Å². The summed E-state index contributed by atoms with van der Waals surface area (Å²) in [5, 5.41) is 10.8. The second-order valence-corrected chi connectivity index (χ2v) is 3.99. The van der Waals surface area contributed by atoms with E-state index in [1.165, 1.54) is 18.2 Å². The SMILES string of the molecule is Fc1cccc(F)c1-c1cn(C2CNC2)nn1. The molecule has 6 heteroatoms. The van der Waals surface area contributed by atoms with Gasteiger partial charge in [0.05, 0.1) is 17.8 Å². The maximum Gasteiger partial charge on any atom is 0.135 e. The molecule has 0 saturated carbocycles. The summed E-state index contributed by atoms with van der Waals surface area (Å²) in [4.78, 5) is 0. The minimum absolute atomic E-state index is 0.119. The Balaban J connectivity index is 2.00. The molecule has 0 spiro atoms. The Morgan fingerprint density at radius 3 is 2.53 bits per heavy atom. The third-order valence-electron chi connectivity index (χ3n) is 2.86. The number of rotatable bonds is 2. The molecule has 0 bridgehead atoms. The van der Waals surface area contributed by atoms with Gasteiger partial charge in [0, 0.05) is 13.1 Å². The first-order chi connectivity index (χ1) is 8.25. The second kappa shape index (κ2) is 3.89. The predicted octanol–water partition coefficient (Wildman–Crippen LogP) is 1.37. The summed E-state index contributed by atoms with van der Waals surface area (Å²) < 4.78 is 28.7. The van der Waals surface area contributed by atoms with E-state index in [9.17, 15) is 8.78 Å². The van der Waals surface area contributed by atoms with Crippen molar-refractivity contribution in [3.8, 4) is 11.3 Å². The fourth-order valence-corrected chi connectivity index (χ4v) is 1.77. The summed E-state index contributed by atoms with van der Waals surface area (Å²) in [7, 11) is 0. The van der Waals surface area contributed by atoms with Crippen LogP contribution in [0.5, 0.6) is 0 Å². The molecule has 0 unspecified atom stereocenters. The summed E-state index contributed by atoms with van der Waals surface area (Å²) in [5.74, 6) is -1.24. The quantitative estimate of drug-likeness (QED) is 0.856. The molecule has 0 radical (unpaired) electrons. The largest absolute Gasteiger partial charge is 0.312 e. The first-order valence-electron chi connectivity index (χ1n) is 5.32. The zero-order chi connectivity index (χ0) is 11.8. The lowest BCUT2D eigenvalue weighted by Crippen LogP contribution is -2.43. The molecule has 0 atom stereocenters. The average molecular weight is 236 g/mol. The highest BCUT2D eigenvalue weighted by molar-refractivity contribution is 5.59. The van der Waals surface area contributed by atoms with E-state index >= 15 is 0 Å². The summed E-state index contributed by atoms with van der Waals surface area (Å²) in [6.07, 6.45) is 1.58. The fraction of sp³-hybridized carbons (Fsp3) is 0.273. The van der Waals surface area contributed by atoms with Crippen LogP contribution in [0.1, 0.15) is 6.04 Å². The minimum atomic E-state index is -0.621. The van der Waals surface area contributed by atoms with Crippen LogP contribution in [-0.4, -0.2) is 28.1 Å². The van der Waals surface area contributed by atoms with Gasteiger partial charge in [0.2, 0.25) is 0 Å². The Hall–Kier alpha value is -1.82. The maximum atomic E-state index is 13.5. The molecule has 17 heavy (non-hydrogen) atoms. The van der Waals surface area contributed by atoms with E-state index < -0.39 is 11.6 Å². The van der Waals surface area contributed by atoms with Gasteiger partial charge in [-0.2, -0.15) is 0 Å². The summed E-state index contributed by atoms with van der Waals surface area (Å²) in [6.45, 7) is 1.62. The predicted molar refractivity (Wildman–Crippen MR) is 57.3 cm³/mol. The monoisotopic (exact) mass is 236 g/mol. The molecule has 1 aliphatic heterocycles. The lowest BCUT2D eigenvalue weighted by Gasteiger charge is -2.26. The van der Waals surface area contributed by atoms with Crippen LogP contribution in [0.4, 0.5) is 8.78 Å². The molecular formula is C11H10F2N4. The fourth-order valence-electron chi connectivity index (χ4n) is 1.77. The average Bonchev–Trinajstić information content (AvgIpc) is 2.64. The molecule has 2 aromatic rings. The molecule has 2 heterocycles. The van der Waals surface area contributed by atoms with Crippen LogP contribution in [0.3, 0.4) is 0 Å². The maximum absolute atomic E-state index is 13.5. The molecule has 88 valence electrons. The molecular weight excluding hydrogens is 226 g/mol. The minimum Gasteiger partial charge on any atom is -0.312 e. The summed E-state index contributed by atoms with van der Waals surface area (Å²) >= 11 is 0. The van der Waals surface area contributed by atoms with E-state index in [-0.39, 0.29) is 17.3 Å². The highest BCUT2D eigenvalue weighted by Crippen LogP contribution is 2.24. The van der Waals surface area contributed by atoms with Gasteiger partial charge >= 0.3 is 0 Å². The third kappa shape index (κ3) is 1.70. The molecule has 0 amide bonds. The molecule has 4 nitrogen and oxygen atoms in total. The lowest BCUT2D eigenvalue weighted by atomic mass is 10.1.